The number of nitrogens with zero attached hydrogens (tertiary/aromatic N) is 8. The number of hydrogen-bond donors (Lipinski definition) is 1. The SMILES string of the molecule is Cn1nnnc1SCCC(S)c1nnnn1-c1ccccc1. The fourth-order valence-electron chi connectivity index (χ4n) is 1.89. The van der Waals surface area contributed by atoms with Crippen LogP contribution in [-0.2, 0) is 7.05 Å². The molecule has 1 aromatic carbocycles. The molecule has 8 nitrogen and oxygen atoms in total. The van der Waals surface area contributed by atoms with Crippen LogP contribution in [0.1, 0.15) is 17.5 Å². The van der Waals surface area contributed by atoms with E-state index in [1.807, 2.05) is 37.4 Å². The van der Waals surface area contributed by atoms with E-state index in [9.17, 15) is 0 Å². The molecule has 3 aromatic rings. The number of thioether (sulfide) groups is 1. The maximum Gasteiger partial charge on any atom is 0.209 e. The van der Waals surface area contributed by atoms with Gasteiger partial charge in [-0.2, -0.15) is 17.3 Å². The first-order valence-corrected chi connectivity index (χ1v) is 8.13. The summed E-state index contributed by atoms with van der Waals surface area (Å²) in [6, 6.07) is 9.77. The largest absolute Gasteiger partial charge is 0.224 e. The van der Waals surface area contributed by atoms with Gasteiger partial charge in [0.05, 0.1) is 10.9 Å². The maximum atomic E-state index is 4.63. The molecule has 1 unspecified atom stereocenters. The topological polar surface area (TPSA) is 87.2 Å². The van der Waals surface area contributed by atoms with Crippen molar-refractivity contribution in [3.8, 4) is 5.69 Å². The van der Waals surface area contributed by atoms with E-state index < -0.39 is 0 Å². The lowest BCUT2D eigenvalue weighted by Crippen LogP contribution is -2.06. The van der Waals surface area contributed by atoms with Crippen molar-refractivity contribution in [1.82, 2.24) is 40.4 Å². The maximum absolute atomic E-state index is 4.63. The molecular formula is C12H14N8S2. The van der Waals surface area contributed by atoms with Gasteiger partial charge in [0, 0.05) is 12.8 Å². The zero-order valence-corrected chi connectivity index (χ0v) is 13.5. The number of benzene rings is 1. The molecule has 0 fully saturated rings. The minimum absolute atomic E-state index is 0.0658. The summed E-state index contributed by atoms with van der Waals surface area (Å²) in [4.78, 5) is 0. The Labute approximate surface area is 136 Å². The summed E-state index contributed by atoms with van der Waals surface area (Å²) in [5.41, 5.74) is 0.923. The Morgan fingerprint density at radius 1 is 1.14 bits per heavy atom. The molecule has 0 amide bonds. The molecule has 10 heteroatoms. The Morgan fingerprint density at radius 3 is 2.64 bits per heavy atom. The lowest BCUT2D eigenvalue weighted by atomic mass is 10.3. The van der Waals surface area contributed by atoms with Crippen LogP contribution < -0.4 is 0 Å². The molecule has 0 N–H and O–H groups in total. The Morgan fingerprint density at radius 2 is 1.91 bits per heavy atom. The minimum atomic E-state index is -0.0658. The molecule has 0 saturated carbocycles. The predicted octanol–water partition coefficient (Wildman–Crippen LogP) is 1.34. The van der Waals surface area contributed by atoms with Crippen LogP contribution in [0.15, 0.2) is 35.5 Å². The highest BCUT2D eigenvalue weighted by molar-refractivity contribution is 7.99. The van der Waals surface area contributed by atoms with Crippen molar-refractivity contribution in [1.29, 1.82) is 0 Å². The summed E-state index contributed by atoms with van der Waals surface area (Å²) in [6.45, 7) is 0. The van der Waals surface area contributed by atoms with E-state index in [-0.39, 0.29) is 5.25 Å². The Balaban J connectivity index is 1.65. The fraction of sp³-hybridized carbons (Fsp3) is 0.333. The van der Waals surface area contributed by atoms with Crippen molar-refractivity contribution in [3.05, 3.63) is 36.2 Å². The number of rotatable bonds is 6. The number of aromatic nitrogens is 8. The number of hydrogen-bond acceptors (Lipinski definition) is 8. The van der Waals surface area contributed by atoms with Gasteiger partial charge in [-0.15, -0.1) is 10.2 Å². The Kier molecular flexibility index (Phi) is 4.68. The highest BCUT2D eigenvalue weighted by atomic mass is 32.2. The van der Waals surface area contributed by atoms with E-state index in [1.54, 1.807) is 21.1 Å². The van der Waals surface area contributed by atoms with Gasteiger partial charge in [0.25, 0.3) is 0 Å². The lowest BCUT2D eigenvalue weighted by molar-refractivity contribution is 0.664. The van der Waals surface area contributed by atoms with Gasteiger partial charge in [0.15, 0.2) is 5.82 Å². The predicted molar refractivity (Wildman–Crippen MR) is 85.0 cm³/mol. The standard InChI is InChI=1S/C12H14N8S2/c1-19-12(14-16-17-19)22-8-7-10(21)11-13-15-18-20(11)9-5-3-2-4-6-9/h2-6,10,21H,7-8H2,1H3. The zero-order valence-electron chi connectivity index (χ0n) is 11.8. The molecule has 114 valence electrons. The van der Waals surface area contributed by atoms with Gasteiger partial charge in [-0.1, -0.05) is 30.0 Å². The van der Waals surface area contributed by atoms with E-state index in [2.05, 4.69) is 43.7 Å². The van der Waals surface area contributed by atoms with Crippen molar-refractivity contribution in [2.24, 2.45) is 7.05 Å². The third kappa shape index (κ3) is 3.28. The lowest BCUT2D eigenvalue weighted by Gasteiger charge is -2.10. The van der Waals surface area contributed by atoms with Gasteiger partial charge < -0.3 is 0 Å². The summed E-state index contributed by atoms with van der Waals surface area (Å²) < 4.78 is 3.36. The molecule has 0 spiro atoms. The van der Waals surface area contributed by atoms with Gasteiger partial charge in [-0.25, -0.2) is 4.68 Å². The summed E-state index contributed by atoms with van der Waals surface area (Å²) >= 11 is 6.21. The number of aryl methyl sites for hydroxylation is 1. The molecule has 0 aliphatic rings. The average Bonchev–Trinajstić information content (AvgIpc) is 3.17. The van der Waals surface area contributed by atoms with Gasteiger partial charge in [0.1, 0.15) is 0 Å². The third-order valence-electron chi connectivity index (χ3n) is 3.00. The van der Waals surface area contributed by atoms with Crippen molar-refractivity contribution in [2.45, 2.75) is 16.8 Å². The molecule has 1 atom stereocenters. The monoisotopic (exact) mass is 334 g/mol. The van der Waals surface area contributed by atoms with E-state index >= 15 is 0 Å². The second-order valence-corrected chi connectivity index (χ2v) is 6.21. The van der Waals surface area contributed by atoms with Crippen LogP contribution in [0.4, 0.5) is 0 Å². The Hall–Kier alpha value is -1.94. The van der Waals surface area contributed by atoms with Crippen LogP contribution in [0.25, 0.3) is 5.69 Å². The molecule has 0 aliphatic heterocycles. The molecule has 0 bridgehead atoms. The highest BCUT2D eigenvalue weighted by Gasteiger charge is 2.17. The van der Waals surface area contributed by atoms with Crippen LogP contribution in [0, 0.1) is 0 Å². The summed E-state index contributed by atoms with van der Waals surface area (Å²) in [5, 5.41) is 24.0. The van der Waals surface area contributed by atoms with E-state index in [4.69, 9.17) is 0 Å². The molecule has 0 saturated heterocycles. The summed E-state index contributed by atoms with van der Waals surface area (Å²) in [5.74, 6) is 1.55. The van der Waals surface area contributed by atoms with Crippen LogP contribution in [0.5, 0.6) is 0 Å². The van der Waals surface area contributed by atoms with Crippen molar-refractivity contribution in [2.75, 3.05) is 5.75 Å². The molecule has 22 heavy (non-hydrogen) atoms. The van der Waals surface area contributed by atoms with Crippen LogP contribution in [0.3, 0.4) is 0 Å². The van der Waals surface area contributed by atoms with Gasteiger partial charge >= 0.3 is 0 Å². The van der Waals surface area contributed by atoms with Crippen LogP contribution in [0.2, 0.25) is 0 Å². The second-order valence-electron chi connectivity index (χ2n) is 4.52. The summed E-state index contributed by atoms with van der Waals surface area (Å²) in [7, 11) is 1.82. The van der Waals surface area contributed by atoms with E-state index in [0.717, 1.165) is 28.8 Å². The van der Waals surface area contributed by atoms with Crippen LogP contribution in [-0.4, -0.2) is 46.2 Å². The quantitative estimate of drug-likeness (QED) is 0.537. The first-order valence-electron chi connectivity index (χ1n) is 6.62. The van der Waals surface area contributed by atoms with Crippen molar-refractivity contribution in [3.63, 3.8) is 0 Å². The van der Waals surface area contributed by atoms with Crippen molar-refractivity contribution < 1.29 is 0 Å². The van der Waals surface area contributed by atoms with Gasteiger partial charge in [0.2, 0.25) is 5.16 Å². The molecule has 3 rings (SSSR count). The second kappa shape index (κ2) is 6.88. The molecular weight excluding hydrogens is 320 g/mol. The molecule has 2 aromatic heterocycles. The number of para-hydroxylation sites is 1. The van der Waals surface area contributed by atoms with Crippen molar-refractivity contribution >= 4 is 24.4 Å². The number of tetrazole rings is 2. The van der Waals surface area contributed by atoms with E-state index in [0.29, 0.717) is 0 Å². The van der Waals surface area contributed by atoms with Gasteiger partial charge in [-0.3, -0.25) is 0 Å². The molecule has 0 radical (unpaired) electrons. The highest BCUT2D eigenvalue weighted by Crippen LogP contribution is 2.26. The van der Waals surface area contributed by atoms with Crippen LogP contribution >= 0.6 is 24.4 Å². The van der Waals surface area contributed by atoms with E-state index in [1.165, 1.54) is 0 Å². The zero-order chi connectivity index (χ0) is 15.4. The van der Waals surface area contributed by atoms with Gasteiger partial charge in [-0.05, 0) is 39.4 Å². The minimum Gasteiger partial charge on any atom is -0.224 e. The fourth-order valence-corrected chi connectivity index (χ4v) is 3.21. The summed E-state index contributed by atoms with van der Waals surface area (Å²) in [6.07, 6.45) is 0.799. The average molecular weight is 334 g/mol. The first kappa shape index (κ1) is 15.0. The molecule has 2 heterocycles. The number of thiol groups is 1. The smallest absolute Gasteiger partial charge is 0.209 e. The molecule has 0 aliphatic carbocycles. The normalized spacial score (nSPS) is 12.5. The first-order chi connectivity index (χ1) is 10.8. The Bertz CT molecular complexity index is 726. The third-order valence-corrected chi connectivity index (χ3v) is 4.53.